The minimum absolute atomic E-state index is 0.503. The molecule has 0 heterocycles. The Morgan fingerprint density at radius 2 is 1.75 bits per heavy atom. The second kappa shape index (κ2) is 5.10. The Hall–Kier alpha value is -1.38. The Bertz CT molecular complexity index is 347. The molecule has 0 aliphatic carbocycles. The highest BCUT2D eigenvalue weighted by atomic mass is 15.1. The fourth-order valence-electron chi connectivity index (χ4n) is 1.88. The zero-order valence-corrected chi connectivity index (χ0v) is 10.7. The minimum Gasteiger partial charge on any atom is -0.397 e. The largest absolute Gasteiger partial charge is 0.397 e. The summed E-state index contributed by atoms with van der Waals surface area (Å²) >= 11 is 0. The molecular formula is C13H23N3. The van der Waals surface area contributed by atoms with Gasteiger partial charge in [0.1, 0.15) is 0 Å². The van der Waals surface area contributed by atoms with Crippen LogP contribution in [-0.2, 0) is 0 Å². The molecule has 3 nitrogen and oxygen atoms in total. The fourth-order valence-corrected chi connectivity index (χ4v) is 1.88. The SMILES string of the molecule is CC(C)CC(C)N(C)c1ccc(N)c(N)c1. The van der Waals surface area contributed by atoms with E-state index in [0.717, 1.165) is 5.69 Å². The van der Waals surface area contributed by atoms with Gasteiger partial charge in [-0.25, -0.2) is 0 Å². The average molecular weight is 221 g/mol. The lowest BCUT2D eigenvalue weighted by Crippen LogP contribution is -2.30. The molecular weight excluding hydrogens is 198 g/mol. The van der Waals surface area contributed by atoms with E-state index >= 15 is 0 Å². The smallest absolute Gasteiger partial charge is 0.0568 e. The van der Waals surface area contributed by atoms with E-state index in [1.165, 1.54) is 6.42 Å². The third-order valence-electron chi connectivity index (χ3n) is 2.95. The van der Waals surface area contributed by atoms with Gasteiger partial charge in [-0.1, -0.05) is 13.8 Å². The van der Waals surface area contributed by atoms with Crippen molar-refractivity contribution in [2.75, 3.05) is 23.4 Å². The number of nitrogens with two attached hydrogens (primary N) is 2. The average Bonchev–Trinajstić information content (AvgIpc) is 2.20. The van der Waals surface area contributed by atoms with Gasteiger partial charge >= 0.3 is 0 Å². The number of benzene rings is 1. The minimum atomic E-state index is 0.503. The van der Waals surface area contributed by atoms with E-state index in [1.54, 1.807) is 0 Å². The van der Waals surface area contributed by atoms with Gasteiger partial charge in [-0.3, -0.25) is 0 Å². The van der Waals surface area contributed by atoms with Gasteiger partial charge < -0.3 is 16.4 Å². The van der Waals surface area contributed by atoms with Crippen LogP contribution in [0.15, 0.2) is 18.2 Å². The van der Waals surface area contributed by atoms with Crippen LogP contribution in [0.5, 0.6) is 0 Å². The molecule has 1 atom stereocenters. The summed E-state index contributed by atoms with van der Waals surface area (Å²) < 4.78 is 0. The maximum absolute atomic E-state index is 5.81. The first kappa shape index (κ1) is 12.7. The fraction of sp³-hybridized carbons (Fsp3) is 0.538. The summed E-state index contributed by atoms with van der Waals surface area (Å²) in [7, 11) is 2.10. The van der Waals surface area contributed by atoms with Crippen molar-refractivity contribution in [3.63, 3.8) is 0 Å². The van der Waals surface area contributed by atoms with E-state index in [1.807, 2.05) is 18.2 Å². The topological polar surface area (TPSA) is 55.3 Å². The number of hydrogen-bond donors (Lipinski definition) is 2. The molecule has 1 aromatic rings. The molecule has 0 bridgehead atoms. The molecule has 4 N–H and O–H groups in total. The van der Waals surface area contributed by atoms with E-state index in [9.17, 15) is 0 Å². The van der Waals surface area contributed by atoms with Crippen molar-refractivity contribution in [1.82, 2.24) is 0 Å². The number of nitrogens with zero attached hydrogens (tertiary/aromatic N) is 1. The summed E-state index contributed by atoms with van der Waals surface area (Å²) in [5.41, 5.74) is 13.9. The van der Waals surface area contributed by atoms with E-state index in [-0.39, 0.29) is 0 Å². The van der Waals surface area contributed by atoms with E-state index < -0.39 is 0 Å². The van der Waals surface area contributed by atoms with Gasteiger partial charge in [0.05, 0.1) is 11.4 Å². The Kier molecular flexibility index (Phi) is 4.05. The van der Waals surface area contributed by atoms with E-state index in [0.29, 0.717) is 23.3 Å². The zero-order valence-electron chi connectivity index (χ0n) is 10.7. The van der Waals surface area contributed by atoms with Gasteiger partial charge in [-0.05, 0) is 37.5 Å². The van der Waals surface area contributed by atoms with Crippen LogP contribution in [0.2, 0.25) is 0 Å². The number of rotatable bonds is 4. The molecule has 0 spiro atoms. The lowest BCUT2D eigenvalue weighted by atomic mass is 10.0. The predicted octanol–water partition coefficient (Wildman–Crippen LogP) is 2.72. The van der Waals surface area contributed by atoms with Crippen LogP contribution in [-0.4, -0.2) is 13.1 Å². The van der Waals surface area contributed by atoms with Crippen LogP contribution in [0.25, 0.3) is 0 Å². The second-order valence-corrected chi connectivity index (χ2v) is 4.90. The maximum atomic E-state index is 5.81. The highest BCUT2D eigenvalue weighted by Gasteiger charge is 2.12. The molecule has 0 aromatic heterocycles. The van der Waals surface area contributed by atoms with Crippen LogP contribution in [0.1, 0.15) is 27.2 Å². The van der Waals surface area contributed by atoms with Crippen LogP contribution in [0, 0.1) is 5.92 Å². The summed E-state index contributed by atoms with van der Waals surface area (Å²) in [6.45, 7) is 6.70. The van der Waals surface area contributed by atoms with Crippen LogP contribution >= 0.6 is 0 Å². The van der Waals surface area contributed by atoms with Gasteiger partial charge in [0.25, 0.3) is 0 Å². The molecule has 0 amide bonds. The Morgan fingerprint density at radius 3 is 2.25 bits per heavy atom. The monoisotopic (exact) mass is 221 g/mol. The summed E-state index contributed by atoms with van der Waals surface area (Å²) in [5.74, 6) is 0.698. The van der Waals surface area contributed by atoms with Gasteiger partial charge in [0, 0.05) is 18.8 Å². The first-order valence-electron chi connectivity index (χ1n) is 5.79. The van der Waals surface area contributed by atoms with Crippen molar-refractivity contribution in [2.24, 2.45) is 5.92 Å². The van der Waals surface area contributed by atoms with Crippen molar-refractivity contribution in [2.45, 2.75) is 33.2 Å². The van der Waals surface area contributed by atoms with Crippen LogP contribution < -0.4 is 16.4 Å². The van der Waals surface area contributed by atoms with Crippen molar-refractivity contribution < 1.29 is 0 Å². The van der Waals surface area contributed by atoms with Gasteiger partial charge in [-0.2, -0.15) is 0 Å². The normalized spacial score (nSPS) is 12.8. The van der Waals surface area contributed by atoms with Crippen molar-refractivity contribution in [3.8, 4) is 0 Å². The van der Waals surface area contributed by atoms with Crippen LogP contribution in [0.3, 0.4) is 0 Å². The summed E-state index contributed by atoms with van der Waals surface area (Å²) in [6, 6.07) is 6.32. The molecule has 0 saturated carbocycles. The lowest BCUT2D eigenvalue weighted by molar-refractivity contribution is 0.504. The predicted molar refractivity (Wildman–Crippen MR) is 72.6 cm³/mol. The lowest BCUT2D eigenvalue weighted by Gasteiger charge is -2.28. The number of hydrogen-bond acceptors (Lipinski definition) is 3. The molecule has 0 aliphatic rings. The van der Waals surface area contributed by atoms with Crippen molar-refractivity contribution in [3.05, 3.63) is 18.2 Å². The number of nitrogen functional groups attached to an aromatic ring is 2. The van der Waals surface area contributed by atoms with E-state index in [4.69, 9.17) is 11.5 Å². The maximum Gasteiger partial charge on any atom is 0.0568 e. The molecule has 0 radical (unpaired) electrons. The van der Waals surface area contributed by atoms with Gasteiger partial charge in [0.2, 0.25) is 0 Å². The highest BCUT2D eigenvalue weighted by Crippen LogP contribution is 2.24. The van der Waals surface area contributed by atoms with Crippen molar-refractivity contribution in [1.29, 1.82) is 0 Å². The Balaban J connectivity index is 2.79. The standard InChI is InChI=1S/C13H23N3/c1-9(2)7-10(3)16(4)11-5-6-12(14)13(15)8-11/h5-6,8-10H,7,14-15H2,1-4H3. The Morgan fingerprint density at radius 1 is 1.12 bits per heavy atom. The first-order chi connectivity index (χ1) is 7.41. The summed E-state index contributed by atoms with van der Waals surface area (Å²) in [6.07, 6.45) is 1.17. The third kappa shape index (κ3) is 3.05. The molecule has 16 heavy (non-hydrogen) atoms. The first-order valence-corrected chi connectivity index (χ1v) is 5.79. The molecule has 0 saturated heterocycles. The molecule has 1 unspecified atom stereocenters. The van der Waals surface area contributed by atoms with E-state index in [2.05, 4.69) is 32.7 Å². The molecule has 0 aliphatic heterocycles. The van der Waals surface area contributed by atoms with Gasteiger partial charge in [-0.15, -0.1) is 0 Å². The quantitative estimate of drug-likeness (QED) is 0.769. The summed E-state index contributed by atoms with van der Waals surface area (Å²) in [4.78, 5) is 2.25. The molecule has 0 fully saturated rings. The van der Waals surface area contributed by atoms with Crippen molar-refractivity contribution >= 4 is 17.1 Å². The van der Waals surface area contributed by atoms with Crippen LogP contribution in [0.4, 0.5) is 17.1 Å². The molecule has 3 heteroatoms. The van der Waals surface area contributed by atoms with Gasteiger partial charge in [0.15, 0.2) is 0 Å². The number of anilines is 3. The zero-order chi connectivity index (χ0) is 12.3. The Labute approximate surface area is 98.4 Å². The highest BCUT2D eigenvalue weighted by molar-refractivity contribution is 5.69. The third-order valence-corrected chi connectivity index (χ3v) is 2.95. The second-order valence-electron chi connectivity index (χ2n) is 4.90. The molecule has 1 rings (SSSR count). The molecule has 90 valence electrons. The summed E-state index contributed by atoms with van der Waals surface area (Å²) in [5, 5.41) is 0. The molecule has 1 aromatic carbocycles.